The van der Waals surface area contributed by atoms with Crippen LogP contribution in [0.5, 0.6) is 0 Å². The van der Waals surface area contributed by atoms with E-state index in [0.717, 1.165) is 25.3 Å². The number of morpholine rings is 1. The van der Waals surface area contributed by atoms with Crippen LogP contribution in [0.2, 0.25) is 0 Å². The van der Waals surface area contributed by atoms with Crippen LogP contribution in [0.4, 0.5) is 0 Å². The monoisotopic (exact) mass is 218 g/mol. The van der Waals surface area contributed by atoms with Crippen molar-refractivity contribution in [3.05, 3.63) is 0 Å². The fraction of sp³-hybridized carbons (Fsp3) is 0.889. The lowest BCUT2D eigenvalue weighted by atomic mass is 10.3. The summed E-state index contributed by atoms with van der Waals surface area (Å²) in [6, 6.07) is 0. The van der Waals surface area contributed by atoms with Crippen molar-refractivity contribution < 1.29 is 9.53 Å². The van der Waals surface area contributed by atoms with Crippen molar-refractivity contribution in [1.82, 2.24) is 10.6 Å². The maximum atomic E-state index is 11.5. The van der Waals surface area contributed by atoms with Crippen LogP contribution in [0.15, 0.2) is 0 Å². The lowest BCUT2D eigenvalue weighted by Gasteiger charge is -2.22. The zero-order valence-corrected chi connectivity index (χ0v) is 9.36. The van der Waals surface area contributed by atoms with Gasteiger partial charge in [0.1, 0.15) is 6.10 Å². The van der Waals surface area contributed by atoms with Crippen molar-refractivity contribution >= 4 is 17.7 Å². The molecule has 1 aliphatic heterocycles. The Kier molecular flexibility index (Phi) is 5.98. The van der Waals surface area contributed by atoms with Gasteiger partial charge in [-0.25, -0.2) is 0 Å². The summed E-state index contributed by atoms with van der Waals surface area (Å²) in [5.74, 6) is 1.10. The van der Waals surface area contributed by atoms with E-state index < -0.39 is 0 Å². The van der Waals surface area contributed by atoms with Crippen molar-refractivity contribution in [1.29, 1.82) is 0 Å². The maximum absolute atomic E-state index is 11.5. The summed E-state index contributed by atoms with van der Waals surface area (Å²) >= 11 is 1.79. The van der Waals surface area contributed by atoms with Crippen molar-refractivity contribution in [2.45, 2.75) is 12.5 Å². The van der Waals surface area contributed by atoms with Gasteiger partial charge in [0.05, 0.1) is 6.61 Å². The first kappa shape index (κ1) is 11.8. The number of hydrogen-bond acceptors (Lipinski definition) is 4. The highest BCUT2D eigenvalue weighted by Crippen LogP contribution is 1.97. The molecule has 1 saturated heterocycles. The second-order valence-corrected chi connectivity index (χ2v) is 4.19. The number of thioether (sulfide) groups is 1. The number of carbonyl (C=O) groups is 1. The molecule has 82 valence electrons. The van der Waals surface area contributed by atoms with Gasteiger partial charge >= 0.3 is 0 Å². The predicted octanol–water partition coefficient (Wildman–Crippen LogP) is -0.156. The Hall–Kier alpha value is -0.260. The van der Waals surface area contributed by atoms with Crippen LogP contribution in [0, 0.1) is 0 Å². The Morgan fingerprint density at radius 1 is 1.71 bits per heavy atom. The fourth-order valence-corrected chi connectivity index (χ4v) is 1.71. The van der Waals surface area contributed by atoms with E-state index in [4.69, 9.17) is 4.74 Å². The van der Waals surface area contributed by atoms with Crippen molar-refractivity contribution in [3.8, 4) is 0 Å². The van der Waals surface area contributed by atoms with Gasteiger partial charge in [0.25, 0.3) is 0 Å². The molecule has 1 heterocycles. The van der Waals surface area contributed by atoms with E-state index in [-0.39, 0.29) is 12.0 Å². The molecule has 0 unspecified atom stereocenters. The van der Waals surface area contributed by atoms with Crippen LogP contribution in [0.25, 0.3) is 0 Å². The van der Waals surface area contributed by atoms with Gasteiger partial charge < -0.3 is 15.4 Å². The smallest absolute Gasteiger partial charge is 0.250 e. The number of hydrogen-bond donors (Lipinski definition) is 2. The standard InChI is InChI=1S/C9H18N2O2S/c1-14-6-2-3-11-9(12)8-7-10-4-5-13-8/h8,10H,2-7H2,1H3,(H,11,12)/t8-/m1/s1. The predicted molar refractivity (Wildman–Crippen MR) is 58.6 cm³/mol. The summed E-state index contributed by atoms with van der Waals surface area (Å²) in [7, 11) is 0. The van der Waals surface area contributed by atoms with Gasteiger partial charge in [0.15, 0.2) is 0 Å². The van der Waals surface area contributed by atoms with E-state index in [0.29, 0.717) is 13.2 Å². The summed E-state index contributed by atoms with van der Waals surface area (Å²) in [6.07, 6.45) is 2.79. The second-order valence-electron chi connectivity index (χ2n) is 3.20. The third kappa shape index (κ3) is 4.30. The Bertz CT molecular complexity index is 172. The Morgan fingerprint density at radius 3 is 3.21 bits per heavy atom. The van der Waals surface area contributed by atoms with Crippen molar-refractivity contribution in [3.63, 3.8) is 0 Å². The zero-order valence-electron chi connectivity index (χ0n) is 8.54. The molecule has 4 nitrogen and oxygen atoms in total. The minimum absolute atomic E-state index is 0.0123. The number of carbonyl (C=O) groups excluding carboxylic acids is 1. The molecular weight excluding hydrogens is 200 g/mol. The second kappa shape index (κ2) is 7.09. The summed E-state index contributed by atoms with van der Waals surface area (Å²) < 4.78 is 5.32. The highest BCUT2D eigenvalue weighted by atomic mass is 32.2. The molecule has 1 amide bonds. The maximum Gasteiger partial charge on any atom is 0.250 e. The van der Waals surface area contributed by atoms with Crippen LogP contribution in [0.3, 0.4) is 0 Å². The molecular formula is C9H18N2O2S. The number of rotatable bonds is 5. The van der Waals surface area contributed by atoms with Crippen LogP contribution in [-0.2, 0) is 9.53 Å². The lowest BCUT2D eigenvalue weighted by molar-refractivity contribution is -0.134. The van der Waals surface area contributed by atoms with Gasteiger partial charge in [0.2, 0.25) is 5.91 Å². The molecule has 5 heteroatoms. The molecule has 0 spiro atoms. The molecule has 2 N–H and O–H groups in total. The average molecular weight is 218 g/mol. The quantitative estimate of drug-likeness (QED) is 0.630. The van der Waals surface area contributed by atoms with E-state index in [1.807, 2.05) is 0 Å². The Balaban J connectivity index is 2.07. The SMILES string of the molecule is CSCCCNC(=O)[C@H]1CNCCO1. The molecule has 0 aromatic rings. The van der Waals surface area contributed by atoms with Gasteiger partial charge in [-0.2, -0.15) is 11.8 Å². The van der Waals surface area contributed by atoms with Crippen molar-refractivity contribution in [2.24, 2.45) is 0 Å². The molecule has 0 aliphatic carbocycles. The highest BCUT2D eigenvalue weighted by Gasteiger charge is 2.20. The number of nitrogens with one attached hydrogen (secondary N) is 2. The third-order valence-electron chi connectivity index (χ3n) is 2.04. The molecule has 0 aromatic heterocycles. The molecule has 0 radical (unpaired) electrons. The molecule has 1 fully saturated rings. The van der Waals surface area contributed by atoms with Gasteiger partial charge in [-0.05, 0) is 18.4 Å². The van der Waals surface area contributed by atoms with E-state index in [9.17, 15) is 4.79 Å². The number of amides is 1. The van der Waals surface area contributed by atoms with E-state index in [2.05, 4.69) is 16.9 Å². The van der Waals surface area contributed by atoms with E-state index >= 15 is 0 Å². The van der Waals surface area contributed by atoms with Crippen LogP contribution in [-0.4, -0.2) is 50.3 Å². The molecule has 0 aromatic carbocycles. The summed E-state index contributed by atoms with van der Waals surface area (Å²) in [6.45, 7) is 2.85. The normalized spacial score (nSPS) is 21.9. The number of ether oxygens (including phenoxy) is 1. The minimum atomic E-state index is -0.293. The first-order chi connectivity index (χ1) is 6.84. The topological polar surface area (TPSA) is 50.4 Å². The molecule has 1 atom stereocenters. The van der Waals surface area contributed by atoms with Gasteiger partial charge in [-0.3, -0.25) is 4.79 Å². The van der Waals surface area contributed by atoms with Crippen LogP contribution in [0.1, 0.15) is 6.42 Å². The third-order valence-corrected chi connectivity index (χ3v) is 2.74. The fourth-order valence-electron chi connectivity index (χ4n) is 1.28. The van der Waals surface area contributed by atoms with E-state index in [1.54, 1.807) is 11.8 Å². The zero-order chi connectivity index (χ0) is 10.2. The summed E-state index contributed by atoms with van der Waals surface area (Å²) in [4.78, 5) is 11.5. The first-order valence-electron chi connectivity index (χ1n) is 4.93. The molecule has 14 heavy (non-hydrogen) atoms. The van der Waals surface area contributed by atoms with Gasteiger partial charge in [0, 0.05) is 19.6 Å². The van der Waals surface area contributed by atoms with Crippen molar-refractivity contribution in [2.75, 3.05) is 38.2 Å². The van der Waals surface area contributed by atoms with Gasteiger partial charge in [-0.1, -0.05) is 0 Å². The minimum Gasteiger partial charge on any atom is -0.366 e. The van der Waals surface area contributed by atoms with Crippen LogP contribution >= 0.6 is 11.8 Å². The molecule has 0 saturated carbocycles. The Labute approximate surface area is 89.2 Å². The summed E-state index contributed by atoms with van der Waals surface area (Å²) in [5.41, 5.74) is 0. The molecule has 0 bridgehead atoms. The van der Waals surface area contributed by atoms with E-state index in [1.165, 1.54) is 0 Å². The molecule has 1 aliphatic rings. The lowest BCUT2D eigenvalue weighted by Crippen LogP contribution is -2.48. The van der Waals surface area contributed by atoms with Crippen LogP contribution < -0.4 is 10.6 Å². The van der Waals surface area contributed by atoms with Gasteiger partial charge in [-0.15, -0.1) is 0 Å². The molecule has 1 rings (SSSR count). The largest absolute Gasteiger partial charge is 0.366 e. The Morgan fingerprint density at radius 2 is 2.57 bits per heavy atom. The first-order valence-corrected chi connectivity index (χ1v) is 6.33. The highest BCUT2D eigenvalue weighted by molar-refractivity contribution is 7.98. The average Bonchev–Trinajstić information content (AvgIpc) is 2.25. The summed E-state index contributed by atoms with van der Waals surface area (Å²) in [5, 5.41) is 6.00.